The van der Waals surface area contributed by atoms with E-state index in [0.717, 1.165) is 16.3 Å². The molecule has 1 heterocycles. The standard InChI is InChI=1S/C16H16N2S/c1-11-6-12(2)8-14(7-11)10-19-16-15(9-17)13(3)4-5-18-16/h4-8H,10H2,1-3H3. The zero-order valence-electron chi connectivity index (χ0n) is 11.4. The zero-order chi connectivity index (χ0) is 13.8. The van der Waals surface area contributed by atoms with Crippen LogP contribution in [0, 0.1) is 32.1 Å². The number of nitrogens with zero attached hydrogens (tertiary/aromatic N) is 2. The van der Waals surface area contributed by atoms with Crippen molar-refractivity contribution in [1.29, 1.82) is 5.26 Å². The number of nitriles is 1. The highest BCUT2D eigenvalue weighted by molar-refractivity contribution is 7.98. The van der Waals surface area contributed by atoms with Crippen LogP contribution in [0.15, 0.2) is 35.5 Å². The van der Waals surface area contributed by atoms with Crippen molar-refractivity contribution in [2.24, 2.45) is 0 Å². The highest BCUT2D eigenvalue weighted by atomic mass is 32.2. The summed E-state index contributed by atoms with van der Waals surface area (Å²) in [5.41, 5.74) is 5.49. The van der Waals surface area contributed by atoms with Gasteiger partial charge in [-0.25, -0.2) is 4.98 Å². The van der Waals surface area contributed by atoms with Gasteiger partial charge in [0.25, 0.3) is 0 Å². The molecular weight excluding hydrogens is 252 g/mol. The van der Waals surface area contributed by atoms with Crippen molar-refractivity contribution in [3.63, 3.8) is 0 Å². The van der Waals surface area contributed by atoms with Gasteiger partial charge in [0.05, 0.1) is 5.56 Å². The summed E-state index contributed by atoms with van der Waals surface area (Å²) in [6, 6.07) is 10.6. The monoisotopic (exact) mass is 268 g/mol. The Morgan fingerprint density at radius 2 is 1.84 bits per heavy atom. The fraction of sp³-hybridized carbons (Fsp3) is 0.250. The Morgan fingerprint density at radius 3 is 2.47 bits per heavy atom. The van der Waals surface area contributed by atoms with Gasteiger partial charge in [-0.05, 0) is 38.0 Å². The van der Waals surface area contributed by atoms with Crippen molar-refractivity contribution >= 4 is 11.8 Å². The van der Waals surface area contributed by atoms with Crippen LogP contribution in [0.3, 0.4) is 0 Å². The van der Waals surface area contributed by atoms with Crippen molar-refractivity contribution in [3.8, 4) is 6.07 Å². The van der Waals surface area contributed by atoms with Gasteiger partial charge >= 0.3 is 0 Å². The SMILES string of the molecule is Cc1cc(C)cc(CSc2nccc(C)c2C#N)c1. The first-order valence-corrected chi connectivity index (χ1v) is 7.14. The maximum Gasteiger partial charge on any atom is 0.114 e. The minimum Gasteiger partial charge on any atom is -0.249 e. The van der Waals surface area contributed by atoms with E-state index in [2.05, 4.69) is 43.1 Å². The van der Waals surface area contributed by atoms with Crippen molar-refractivity contribution in [2.75, 3.05) is 0 Å². The van der Waals surface area contributed by atoms with E-state index in [4.69, 9.17) is 0 Å². The summed E-state index contributed by atoms with van der Waals surface area (Å²) in [4.78, 5) is 4.31. The van der Waals surface area contributed by atoms with Crippen LogP contribution in [-0.2, 0) is 5.75 Å². The molecule has 0 N–H and O–H groups in total. The molecule has 0 saturated heterocycles. The molecule has 0 unspecified atom stereocenters. The van der Waals surface area contributed by atoms with Gasteiger partial charge in [-0.1, -0.05) is 29.3 Å². The zero-order valence-corrected chi connectivity index (χ0v) is 12.2. The second-order valence-corrected chi connectivity index (χ2v) is 5.67. The molecule has 2 aromatic rings. The predicted octanol–water partition coefficient (Wildman–Crippen LogP) is 4.17. The van der Waals surface area contributed by atoms with Crippen LogP contribution in [0.4, 0.5) is 0 Å². The molecule has 3 heteroatoms. The van der Waals surface area contributed by atoms with Crippen LogP contribution in [0.5, 0.6) is 0 Å². The Balaban J connectivity index is 2.19. The van der Waals surface area contributed by atoms with Gasteiger partial charge in [0.15, 0.2) is 0 Å². The molecule has 0 bridgehead atoms. The summed E-state index contributed by atoms with van der Waals surface area (Å²) in [6.45, 7) is 6.15. The van der Waals surface area contributed by atoms with Crippen LogP contribution in [-0.4, -0.2) is 4.98 Å². The largest absolute Gasteiger partial charge is 0.249 e. The van der Waals surface area contributed by atoms with Crippen LogP contribution >= 0.6 is 11.8 Å². The molecule has 96 valence electrons. The average Bonchev–Trinajstić information content (AvgIpc) is 2.35. The molecule has 0 aliphatic heterocycles. The van der Waals surface area contributed by atoms with Gasteiger partial charge in [-0.3, -0.25) is 0 Å². The Labute approximate surface area is 118 Å². The summed E-state index contributed by atoms with van der Waals surface area (Å²) in [5.74, 6) is 0.841. The van der Waals surface area contributed by atoms with E-state index in [1.54, 1.807) is 18.0 Å². The van der Waals surface area contributed by atoms with E-state index in [9.17, 15) is 5.26 Å². The quantitative estimate of drug-likeness (QED) is 0.784. The van der Waals surface area contributed by atoms with Crippen molar-refractivity contribution < 1.29 is 0 Å². The van der Waals surface area contributed by atoms with E-state index < -0.39 is 0 Å². The second kappa shape index (κ2) is 5.90. The Morgan fingerprint density at radius 1 is 1.16 bits per heavy atom. The number of hydrogen-bond donors (Lipinski definition) is 0. The maximum atomic E-state index is 9.18. The number of pyridine rings is 1. The van der Waals surface area contributed by atoms with Crippen LogP contribution < -0.4 is 0 Å². The van der Waals surface area contributed by atoms with Gasteiger partial charge in [0.1, 0.15) is 11.1 Å². The van der Waals surface area contributed by atoms with Gasteiger partial charge in [-0.2, -0.15) is 5.26 Å². The number of benzene rings is 1. The molecule has 1 aromatic heterocycles. The Bertz CT molecular complexity index is 621. The molecule has 0 radical (unpaired) electrons. The third-order valence-corrected chi connectivity index (χ3v) is 3.95. The number of rotatable bonds is 3. The highest BCUT2D eigenvalue weighted by Gasteiger charge is 2.07. The summed E-state index contributed by atoms with van der Waals surface area (Å²) in [5, 5.41) is 10.0. The van der Waals surface area contributed by atoms with E-state index in [-0.39, 0.29) is 0 Å². The molecule has 1 aromatic carbocycles. The first kappa shape index (κ1) is 13.6. The van der Waals surface area contributed by atoms with E-state index in [1.165, 1.54) is 16.7 Å². The van der Waals surface area contributed by atoms with Crippen LogP contribution in [0.1, 0.15) is 27.8 Å². The molecule has 19 heavy (non-hydrogen) atoms. The van der Waals surface area contributed by atoms with Crippen molar-refractivity contribution in [3.05, 3.63) is 58.3 Å². The highest BCUT2D eigenvalue weighted by Crippen LogP contribution is 2.26. The molecular formula is C16H16N2S. The fourth-order valence-electron chi connectivity index (χ4n) is 2.08. The van der Waals surface area contributed by atoms with Gasteiger partial charge < -0.3 is 0 Å². The smallest absolute Gasteiger partial charge is 0.114 e. The lowest BCUT2D eigenvalue weighted by Gasteiger charge is -2.07. The van der Waals surface area contributed by atoms with E-state index in [0.29, 0.717) is 5.56 Å². The number of hydrogen-bond acceptors (Lipinski definition) is 3. The topological polar surface area (TPSA) is 36.7 Å². The van der Waals surface area contributed by atoms with E-state index in [1.807, 2.05) is 13.0 Å². The number of thioether (sulfide) groups is 1. The predicted molar refractivity (Wildman–Crippen MR) is 79.2 cm³/mol. The molecule has 0 amide bonds. The van der Waals surface area contributed by atoms with Crippen molar-refractivity contribution in [2.45, 2.75) is 31.6 Å². The van der Waals surface area contributed by atoms with Crippen LogP contribution in [0.2, 0.25) is 0 Å². The molecule has 0 fully saturated rings. The lowest BCUT2D eigenvalue weighted by Crippen LogP contribution is -1.92. The molecule has 0 aliphatic rings. The Hall–Kier alpha value is -1.79. The third kappa shape index (κ3) is 3.36. The maximum absolute atomic E-state index is 9.18. The molecule has 0 atom stereocenters. The lowest BCUT2D eigenvalue weighted by molar-refractivity contribution is 1.08. The Kier molecular flexibility index (Phi) is 4.24. The number of aromatic nitrogens is 1. The molecule has 2 rings (SSSR count). The van der Waals surface area contributed by atoms with Crippen molar-refractivity contribution in [1.82, 2.24) is 4.98 Å². The van der Waals surface area contributed by atoms with Gasteiger partial charge in [0, 0.05) is 11.9 Å². The van der Waals surface area contributed by atoms with Gasteiger partial charge in [0.2, 0.25) is 0 Å². The molecule has 0 aliphatic carbocycles. The first-order chi connectivity index (χ1) is 9.10. The first-order valence-electron chi connectivity index (χ1n) is 6.16. The van der Waals surface area contributed by atoms with Gasteiger partial charge in [-0.15, -0.1) is 11.8 Å². The summed E-state index contributed by atoms with van der Waals surface area (Å²) in [6.07, 6.45) is 1.76. The summed E-state index contributed by atoms with van der Waals surface area (Å²) in [7, 11) is 0. The number of aryl methyl sites for hydroxylation is 3. The van der Waals surface area contributed by atoms with Crippen LogP contribution in [0.25, 0.3) is 0 Å². The average molecular weight is 268 g/mol. The normalized spacial score (nSPS) is 10.2. The third-order valence-electron chi connectivity index (χ3n) is 2.89. The fourth-order valence-corrected chi connectivity index (χ4v) is 3.04. The minimum atomic E-state index is 0.692. The molecule has 2 nitrogen and oxygen atoms in total. The summed E-state index contributed by atoms with van der Waals surface area (Å²) < 4.78 is 0. The molecule has 0 spiro atoms. The molecule has 0 saturated carbocycles. The minimum absolute atomic E-state index is 0.692. The summed E-state index contributed by atoms with van der Waals surface area (Å²) >= 11 is 1.62. The second-order valence-electron chi connectivity index (χ2n) is 4.70. The lowest BCUT2D eigenvalue weighted by atomic mass is 10.1. The van der Waals surface area contributed by atoms with E-state index >= 15 is 0 Å².